The lowest BCUT2D eigenvalue weighted by Crippen LogP contribution is -2.44. The summed E-state index contributed by atoms with van der Waals surface area (Å²) >= 11 is 2.98. The highest BCUT2D eigenvalue weighted by Gasteiger charge is 2.38. The fourth-order valence-corrected chi connectivity index (χ4v) is 1.38. The Hall–Kier alpha value is -1.55. The summed E-state index contributed by atoms with van der Waals surface area (Å²) in [5, 5.41) is 12.6. The van der Waals surface area contributed by atoms with Crippen molar-refractivity contribution < 1.29 is 32.3 Å². The minimum absolute atomic E-state index is 0.0556. The predicted molar refractivity (Wildman–Crippen MR) is 63.8 cm³/mol. The third-order valence-corrected chi connectivity index (χ3v) is 2.50. The van der Waals surface area contributed by atoms with Crippen molar-refractivity contribution in [2.24, 2.45) is 0 Å². The number of aliphatic hydroxyl groups excluding tert-OH is 1. The molecule has 20 heavy (non-hydrogen) atoms. The van der Waals surface area contributed by atoms with Crippen LogP contribution in [0.4, 0.5) is 13.2 Å². The molecule has 0 saturated heterocycles. The van der Waals surface area contributed by atoms with E-state index in [2.05, 4.69) is 21.2 Å². The molecule has 1 rings (SSSR count). The fraction of sp³-hybridized carbons (Fsp3) is 0.400. The Balaban J connectivity index is 2.32. The minimum Gasteiger partial charge on any atom is -0.444 e. The van der Waals surface area contributed by atoms with Crippen LogP contribution in [-0.2, 0) is 4.79 Å². The van der Waals surface area contributed by atoms with Gasteiger partial charge in [0.2, 0.25) is 5.91 Å². The molecule has 1 atom stereocenters. The molecule has 0 saturated carbocycles. The monoisotopic (exact) mass is 358 g/mol. The predicted octanol–water partition coefficient (Wildman–Crippen LogP) is 0.811. The second-order valence-corrected chi connectivity index (χ2v) is 4.43. The van der Waals surface area contributed by atoms with Gasteiger partial charge in [-0.15, -0.1) is 0 Å². The van der Waals surface area contributed by atoms with Crippen LogP contribution in [0.2, 0.25) is 0 Å². The normalized spacial score (nSPS) is 12.8. The third-order valence-electron chi connectivity index (χ3n) is 2.08. The zero-order valence-corrected chi connectivity index (χ0v) is 11.4. The number of hydrogen-bond donors (Lipinski definition) is 3. The van der Waals surface area contributed by atoms with Crippen molar-refractivity contribution in [1.29, 1.82) is 0 Å². The molecule has 0 aliphatic rings. The molecule has 3 N–H and O–H groups in total. The maximum absolute atomic E-state index is 11.9. The van der Waals surface area contributed by atoms with E-state index in [1.54, 1.807) is 0 Å². The van der Waals surface area contributed by atoms with Gasteiger partial charge in [-0.05, 0) is 28.1 Å². The summed E-state index contributed by atoms with van der Waals surface area (Å²) in [6.45, 7) is -1.52. The Bertz CT molecular complexity index is 489. The Morgan fingerprint density at radius 3 is 2.50 bits per heavy atom. The van der Waals surface area contributed by atoms with Crippen molar-refractivity contribution in [3.05, 3.63) is 22.6 Å². The van der Waals surface area contributed by atoms with Gasteiger partial charge >= 0.3 is 6.18 Å². The lowest BCUT2D eigenvalue weighted by molar-refractivity contribution is -0.201. The first-order chi connectivity index (χ1) is 9.20. The molecule has 1 aromatic rings. The molecule has 112 valence electrons. The van der Waals surface area contributed by atoms with Crippen LogP contribution < -0.4 is 10.6 Å². The van der Waals surface area contributed by atoms with Crippen molar-refractivity contribution in [3.8, 4) is 0 Å². The molecule has 0 spiro atoms. The molecular weight excluding hydrogens is 349 g/mol. The van der Waals surface area contributed by atoms with Gasteiger partial charge in [-0.3, -0.25) is 9.59 Å². The molecule has 0 radical (unpaired) electrons. The van der Waals surface area contributed by atoms with E-state index in [4.69, 9.17) is 9.52 Å². The van der Waals surface area contributed by atoms with Crippen LogP contribution in [0, 0.1) is 0 Å². The Morgan fingerprint density at radius 2 is 2.00 bits per heavy atom. The van der Waals surface area contributed by atoms with E-state index < -0.39 is 37.2 Å². The maximum atomic E-state index is 11.9. The Morgan fingerprint density at radius 1 is 1.35 bits per heavy atom. The quantitative estimate of drug-likeness (QED) is 0.726. The van der Waals surface area contributed by atoms with Crippen molar-refractivity contribution in [2.75, 3.05) is 13.1 Å². The summed E-state index contributed by atoms with van der Waals surface area (Å²) in [4.78, 5) is 22.6. The first kappa shape index (κ1) is 16.5. The van der Waals surface area contributed by atoms with Gasteiger partial charge in [-0.1, -0.05) is 0 Å². The number of carbonyl (C=O) groups excluding carboxylic acids is 2. The molecule has 0 fully saturated rings. The summed E-state index contributed by atoms with van der Waals surface area (Å²) < 4.78 is 41.1. The molecule has 2 amide bonds. The van der Waals surface area contributed by atoms with Crippen LogP contribution in [0.15, 0.2) is 21.2 Å². The summed E-state index contributed by atoms with van der Waals surface area (Å²) in [6.07, 6.45) is -7.46. The van der Waals surface area contributed by atoms with E-state index in [1.807, 2.05) is 5.32 Å². The van der Waals surface area contributed by atoms with Gasteiger partial charge in [-0.2, -0.15) is 13.2 Å². The fourth-order valence-electron chi connectivity index (χ4n) is 1.07. The van der Waals surface area contributed by atoms with E-state index in [-0.39, 0.29) is 5.76 Å². The number of rotatable bonds is 5. The maximum Gasteiger partial charge on any atom is 0.416 e. The van der Waals surface area contributed by atoms with Gasteiger partial charge in [0.25, 0.3) is 5.91 Å². The second-order valence-electron chi connectivity index (χ2n) is 3.65. The average molecular weight is 359 g/mol. The zero-order valence-electron chi connectivity index (χ0n) is 9.83. The van der Waals surface area contributed by atoms with Crippen LogP contribution >= 0.6 is 15.9 Å². The highest BCUT2D eigenvalue weighted by atomic mass is 79.9. The SMILES string of the molecule is O=C(CNC(=O)c1ccc(Br)o1)NCC(O)C(F)(F)F. The van der Waals surface area contributed by atoms with Gasteiger partial charge in [-0.25, -0.2) is 0 Å². The average Bonchev–Trinajstić information content (AvgIpc) is 2.78. The molecule has 6 nitrogen and oxygen atoms in total. The first-order valence-electron chi connectivity index (χ1n) is 5.25. The number of alkyl halides is 3. The molecule has 10 heteroatoms. The van der Waals surface area contributed by atoms with E-state index in [9.17, 15) is 22.8 Å². The lowest BCUT2D eigenvalue weighted by atomic mass is 10.3. The molecule has 0 bridgehead atoms. The van der Waals surface area contributed by atoms with Crippen molar-refractivity contribution >= 4 is 27.7 Å². The van der Waals surface area contributed by atoms with Gasteiger partial charge in [0.15, 0.2) is 16.5 Å². The zero-order chi connectivity index (χ0) is 15.3. The molecule has 0 aliphatic carbocycles. The van der Waals surface area contributed by atoms with Gasteiger partial charge < -0.3 is 20.2 Å². The smallest absolute Gasteiger partial charge is 0.416 e. The summed E-state index contributed by atoms with van der Waals surface area (Å²) in [6, 6.07) is 2.82. The molecule has 1 heterocycles. The molecule has 1 aromatic heterocycles. The van der Waals surface area contributed by atoms with E-state index in [0.717, 1.165) is 0 Å². The van der Waals surface area contributed by atoms with Crippen molar-refractivity contribution in [2.45, 2.75) is 12.3 Å². The van der Waals surface area contributed by atoms with Gasteiger partial charge in [0.05, 0.1) is 13.1 Å². The van der Waals surface area contributed by atoms with Gasteiger partial charge in [0, 0.05) is 0 Å². The van der Waals surface area contributed by atoms with Gasteiger partial charge in [0.1, 0.15) is 0 Å². The number of aliphatic hydroxyl groups is 1. The van der Waals surface area contributed by atoms with Crippen LogP contribution in [0.25, 0.3) is 0 Å². The lowest BCUT2D eigenvalue weighted by Gasteiger charge is -2.14. The minimum atomic E-state index is -4.81. The number of nitrogens with one attached hydrogen (secondary N) is 2. The highest BCUT2D eigenvalue weighted by molar-refractivity contribution is 9.10. The molecule has 0 aliphatic heterocycles. The largest absolute Gasteiger partial charge is 0.444 e. The number of halogens is 4. The summed E-state index contributed by atoms with van der Waals surface area (Å²) in [5.41, 5.74) is 0. The number of carbonyl (C=O) groups is 2. The Kier molecular flexibility index (Phi) is 5.57. The van der Waals surface area contributed by atoms with E-state index >= 15 is 0 Å². The number of amides is 2. The molecule has 0 aromatic carbocycles. The van der Waals surface area contributed by atoms with Crippen molar-refractivity contribution in [3.63, 3.8) is 0 Å². The van der Waals surface area contributed by atoms with Crippen LogP contribution in [0.3, 0.4) is 0 Å². The van der Waals surface area contributed by atoms with Crippen molar-refractivity contribution in [1.82, 2.24) is 10.6 Å². The van der Waals surface area contributed by atoms with Crippen LogP contribution in [-0.4, -0.2) is 42.3 Å². The van der Waals surface area contributed by atoms with E-state index in [1.165, 1.54) is 12.1 Å². The second kappa shape index (κ2) is 6.75. The topological polar surface area (TPSA) is 91.6 Å². The first-order valence-corrected chi connectivity index (χ1v) is 6.04. The number of furan rings is 1. The third kappa shape index (κ3) is 5.21. The standard InChI is InChI=1S/C10H10BrF3N2O4/c11-7-2-1-5(20-7)9(19)16-4-8(18)15-3-6(17)10(12,13)14/h1-2,6,17H,3-4H2,(H,15,18)(H,16,19). The van der Waals surface area contributed by atoms with Crippen LogP contribution in [0.1, 0.15) is 10.6 Å². The summed E-state index contributed by atoms with van der Waals surface area (Å²) in [7, 11) is 0. The highest BCUT2D eigenvalue weighted by Crippen LogP contribution is 2.19. The summed E-state index contributed by atoms with van der Waals surface area (Å²) in [5.74, 6) is -1.62. The Labute approximate surface area is 119 Å². The molecule has 1 unspecified atom stereocenters. The molecular formula is C10H10BrF3N2O4. The number of hydrogen-bond acceptors (Lipinski definition) is 4. The van der Waals surface area contributed by atoms with E-state index in [0.29, 0.717) is 4.67 Å². The van der Waals surface area contributed by atoms with Crippen LogP contribution in [0.5, 0.6) is 0 Å².